The summed E-state index contributed by atoms with van der Waals surface area (Å²) in [6.07, 6.45) is 1.45. The molecule has 2 aromatic heterocycles. The van der Waals surface area contributed by atoms with Crippen molar-refractivity contribution in [1.82, 2.24) is 9.97 Å². The fourth-order valence-electron chi connectivity index (χ4n) is 2.19. The van der Waals surface area contributed by atoms with Gasteiger partial charge in [0.2, 0.25) is 0 Å². The number of hydrogen-bond acceptors (Lipinski definition) is 3. The predicted octanol–water partition coefficient (Wildman–Crippen LogP) is 3.27. The van der Waals surface area contributed by atoms with Crippen LogP contribution in [-0.2, 0) is 0 Å². The Kier molecular flexibility index (Phi) is 2.52. The van der Waals surface area contributed by atoms with Crippen LogP contribution in [0.4, 0.5) is 0 Å². The Hall–Kier alpha value is -1.94. The summed E-state index contributed by atoms with van der Waals surface area (Å²) in [7, 11) is 0. The molecule has 0 atom stereocenters. The zero-order valence-corrected chi connectivity index (χ0v) is 11.0. The van der Waals surface area contributed by atoms with Crippen LogP contribution in [0.3, 0.4) is 0 Å². The van der Waals surface area contributed by atoms with Crippen molar-refractivity contribution in [2.45, 2.75) is 13.8 Å². The van der Waals surface area contributed by atoms with Gasteiger partial charge in [-0.05, 0) is 36.6 Å². The second kappa shape index (κ2) is 4.07. The van der Waals surface area contributed by atoms with Crippen molar-refractivity contribution >= 4 is 21.6 Å². The van der Waals surface area contributed by atoms with Crippen molar-refractivity contribution in [3.05, 3.63) is 52.1 Å². The lowest BCUT2D eigenvalue weighted by Gasteiger charge is -2.06. The highest BCUT2D eigenvalue weighted by Gasteiger charge is 2.11. The topological polar surface area (TPSA) is 45.8 Å². The number of benzene rings is 1. The van der Waals surface area contributed by atoms with Crippen LogP contribution in [0, 0.1) is 13.8 Å². The molecule has 0 saturated carbocycles. The van der Waals surface area contributed by atoms with Gasteiger partial charge in [-0.15, -0.1) is 11.3 Å². The molecule has 0 bridgehead atoms. The van der Waals surface area contributed by atoms with E-state index in [9.17, 15) is 4.79 Å². The van der Waals surface area contributed by atoms with Crippen LogP contribution in [0.2, 0.25) is 0 Å². The molecule has 1 N–H and O–H groups in total. The Bertz CT molecular complexity index is 766. The van der Waals surface area contributed by atoms with Crippen LogP contribution in [0.15, 0.2) is 35.4 Å². The summed E-state index contributed by atoms with van der Waals surface area (Å²) in [5.74, 6) is 0. The molecule has 0 amide bonds. The first-order valence-corrected chi connectivity index (χ1v) is 6.52. The number of aryl methyl sites for hydroxylation is 2. The number of aromatic nitrogens is 2. The maximum absolute atomic E-state index is 11.7. The van der Waals surface area contributed by atoms with E-state index >= 15 is 0 Å². The zero-order chi connectivity index (χ0) is 12.7. The van der Waals surface area contributed by atoms with Gasteiger partial charge in [-0.2, -0.15) is 0 Å². The van der Waals surface area contributed by atoms with Gasteiger partial charge in [-0.3, -0.25) is 4.79 Å². The monoisotopic (exact) mass is 256 g/mol. The van der Waals surface area contributed by atoms with Gasteiger partial charge in [-0.1, -0.05) is 18.2 Å². The average Bonchev–Trinajstić information content (AvgIpc) is 2.74. The normalized spacial score (nSPS) is 11.0. The molecule has 0 aliphatic rings. The standard InChI is InChI=1S/C14H12N2OS/c1-8-4-3-5-9(2)12(8)11-6-10-13(18-11)14(17)16-7-15-10/h3-7H,1-2H3,(H,15,16,17). The summed E-state index contributed by atoms with van der Waals surface area (Å²) in [5.41, 5.74) is 4.35. The van der Waals surface area contributed by atoms with Crippen molar-refractivity contribution in [2.75, 3.05) is 0 Å². The third-order valence-electron chi connectivity index (χ3n) is 3.05. The van der Waals surface area contributed by atoms with E-state index in [0.29, 0.717) is 4.70 Å². The predicted molar refractivity (Wildman–Crippen MR) is 75.2 cm³/mol. The van der Waals surface area contributed by atoms with E-state index in [4.69, 9.17) is 0 Å². The Morgan fingerprint density at radius 2 is 1.94 bits per heavy atom. The van der Waals surface area contributed by atoms with Crippen LogP contribution in [-0.4, -0.2) is 9.97 Å². The highest BCUT2D eigenvalue weighted by Crippen LogP contribution is 2.34. The smallest absolute Gasteiger partial charge is 0.268 e. The molecule has 2 heterocycles. The lowest BCUT2D eigenvalue weighted by molar-refractivity contribution is 1.18. The minimum absolute atomic E-state index is 0.0671. The number of H-pyrrole nitrogens is 1. The fraction of sp³-hybridized carbons (Fsp3) is 0.143. The number of nitrogens with one attached hydrogen (secondary N) is 1. The molecule has 0 fully saturated rings. The van der Waals surface area contributed by atoms with Crippen LogP contribution in [0.1, 0.15) is 11.1 Å². The van der Waals surface area contributed by atoms with Gasteiger partial charge < -0.3 is 4.98 Å². The molecular weight excluding hydrogens is 244 g/mol. The van der Waals surface area contributed by atoms with Gasteiger partial charge >= 0.3 is 0 Å². The average molecular weight is 256 g/mol. The van der Waals surface area contributed by atoms with Gasteiger partial charge in [0, 0.05) is 4.88 Å². The molecule has 0 aliphatic heterocycles. The summed E-state index contributed by atoms with van der Waals surface area (Å²) in [6.45, 7) is 4.18. The van der Waals surface area contributed by atoms with Gasteiger partial charge in [0.25, 0.3) is 5.56 Å². The van der Waals surface area contributed by atoms with E-state index in [1.54, 1.807) is 0 Å². The number of hydrogen-bond donors (Lipinski definition) is 1. The first-order chi connectivity index (χ1) is 8.66. The van der Waals surface area contributed by atoms with Crippen molar-refractivity contribution in [1.29, 1.82) is 0 Å². The first kappa shape index (κ1) is 11.2. The summed E-state index contributed by atoms with van der Waals surface area (Å²) in [4.78, 5) is 19.6. The SMILES string of the molecule is Cc1cccc(C)c1-c1cc2nc[nH]c(=O)c2s1. The van der Waals surface area contributed by atoms with E-state index in [-0.39, 0.29) is 5.56 Å². The molecule has 90 valence electrons. The quantitative estimate of drug-likeness (QED) is 0.726. The number of rotatable bonds is 1. The molecule has 3 rings (SSSR count). The van der Waals surface area contributed by atoms with Crippen molar-refractivity contribution < 1.29 is 0 Å². The molecule has 3 aromatic rings. The molecule has 0 aliphatic carbocycles. The number of nitrogens with zero attached hydrogens (tertiary/aromatic N) is 1. The Labute approximate surface area is 108 Å². The molecule has 0 radical (unpaired) electrons. The Balaban J connectivity index is 2.33. The molecule has 4 heteroatoms. The molecule has 1 aromatic carbocycles. The maximum atomic E-state index is 11.7. The molecular formula is C14H12N2OS. The summed E-state index contributed by atoms with van der Waals surface area (Å²) in [5, 5.41) is 0. The van der Waals surface area contributed by atoms with Crippen LogP contribution in [0.25, 0.3) is 20.7 Å². The fourth-order valence-corrected chi connectivity index (χ4v) is 3.37. The lowest BCUT2D eigenvalue weighted by Crippen LogP contribution is -2.02. The van der Waals surface area contributed by atoms with E-state index in [1.807, 2.05) is 12.1 Å². The third-order valence-corrected chi connectivity index (χ3v) is 4.19. The lowest BCUT2D eigenvalue weighted by atomic mass is 10.0. The molecule has 0 saturated heterocycles. The number of fused-ring (bicyclic) bond motifs is 1. The zero-order valence-electron chi connectivity index (χ0n) is 10.2. The minimum atomic E-state index is -0.0671. The van der Waals surface area contributed by atoms with Crippen LogP contribution in [0.5, 0.6) is 0 Å². The molecule has 18 heavy (non-hydrogen) atoms. The first-order valence-electron chi connectivity index (χ1n) is 5.70. The highest BCUT2D eigenvalue weighted by atomic mass is 32.1. The Morgan fingerprint density at radius 1 is 1.22 bits per heavy atom. The van der Waals surface area contributed by atoms with Crippen LogP contribution < -0.4 is 5.56 Å². The van der Waals surface area contributed by atoms with E-state index < -0.39 is 0 Å². The number of aromatic amines is 1. The summed E-state index contributed by atoms with van der Waals surface area (Å²) < 4.78 is 0.690. The van der Waals surface area contributed by atoms with Crippen LogP contribution >= 0.6 is 11.3 Å². The van der Waals surface area contributed by atoms with Crippen molar-refractivity contribution in [3.8, 4) is 10.4 Å². The third kappa shape index (κ3) is 1.66. The van der Waals surface area contributed by atoms with Gasteiger partial charge in [0.15, 0.2) is 0 Å². The molecule has 0 unspecified atom stereocenters. The molecule has 3 nitrogen and oxygen atoms in total. The summed E-state index contributed by atoms with van der Waals surface area (Å²) in [6, 6.07) is 8.21. The Morgan fingerprint density at radius 3 is 2.61 bits per heavy atom. The van der Waals surface area contributed by atoms with Crippen molar-refractivity contribution in [3.63, 3.8) is 0 Å². The minimum Gasteiger partial charge on any atom is -0.312 e. The van der Waals surface area contributed by atoms with E-state index in [2.05, 4.69) is 35.9 Å². The highest BCUT2D eigenvalue weighted by molar-refractivity contribution is 7.22. The maximum Gasteiger partial charge on any atom is 0.268 e. The van der Waals surface area contributed by atoms with Gasteiger partial charge in [0.1, 0.15) is 4.70 Å². The number of thiophene rings is 1. The van der Waals surface area contributed by atoms with E-state index in [0.717, 1.165) is 10.4 Å². The summed E-state index contributed by atoms with van der Waals surface area (Å²) >= 11 is 1.50. The second-order valence-corrected chi connectivity index (χ2v) is 5.38. The van der Waals surface area contributed by atoms with Gasteiger partial charge in [-0.25, -0.2) is 4.98 Å². The van der Waals surface area contributed by atoms with Crippen molar-refractivity contribution in [2.24, 2.45) is 0 Å². The van der Waals surface area contributed by atoms with E-state index in [1.165, 1.54) is 34.4 Å². The second-order valence-electron chi connectivity index (χ2n) is 4.32. The molecule has 0 spiro atoms. The van der Waals surface area contributed by atoms with Gasteiger partial charge in [0.05, 0.1) is 11.8 Å². The largest absolute Gasteiger partial charge is 0.312 e.